The standard InChI is InChI=1S/C15H17N5O/c16-19-14-10-17-13(9-18-14)15(21)20-7-5-11-3-1-2-4-12(11)6-8-20/h1-4,9-10H,5-8,16H2,(H,18,19). The molecule has 0 radical (unpaired) electrons. The normalized spacial score (nSPS) is 14.2. The highest BCUT2D eigenvalue weighted by Crippen LogP contribution is 2.16. The maximum atomic E-state index is 12.5. The molecule has 0 atom stereocenters. The van der Waals surface area contributed by atoms with Gasteiger partial charge in [0, 0.05) is 13.1 Å². The highest BCUT2D eigenvalue weighted by Gasteiger charge is 2.20. The average Bonchev–Trinajstić information content (AvgIpc) is 2.77. The summed E-state index contributed by atoms with van der Waals surface area (Å²) in [5.41, 5.74) is 5.38. The number of carbonyl (C=O) groups excluding carboxylic acids is 1. The lowest BCUT2D eigenvalue weighted by Gasteiger charge is -2.19. The van der Waals surface area contributed by atoms with E-state index in [1.54, 1.807) is 0 Å². The van der Waals surface area contributed by atoms with Crippen molar-refractivity contribution in [1.82, 2.24) is 14.9 Å². The molecule has 1 aliphatic heterocycles. The van der Waals surface area contributed by atoms with Crippen LogP contribution >= 0.6 is 0 Å². The van der Waals surface area contributed by atoms with Crippen LogP contribution in [0.2, 0.25) is 0 Å². The molecule has 3 N–H and O–H groups in total. The van der Waals surface area contributed by atoms with Crippen LogP contribution < -0.4 is 11.3 Å². The summed E-state index contributed by atoms with van der Waals surface area (Å²) in [4.78, 5) is 22.4. The largest absolute Gasteiger partial charge is 0.337 e. The number of fused-ring (bicyclic) bond motifs is 1. The Bertz CT molecular complexity index is 614. The molecule has 1 aromatic heterocycles. The van der Waals surface area contributed by atoms with Gasteiger partial charge in [-0.2, -0.15) is 0 Å². The van der Waals surface area contributed by atoms with Gasteiger partial charge in [0.15, 0.2) is 5.82 Å². The fourth-order valence-electron chi connectivity index (χ4n) is 2.55. The van der Waals surface area contributed by atoms with Gasteiger partial charge >= 0.3 is 0 Å². The predicted molar refractivity (Wildman–Crippen MR) is 79.6 cm³/mol. The van der Waals surface area contributed by atoms with Crippen molar-refractivity contribution in [2.75, 3.05) is 18.5 Å². The zero-order chi connectivity index (χ0) is 14.7. The molecule has 21 heavy (non-hydrogen) atoms. The molecular weight excluding hydrogens is 266 g/mol. The minimum atomic E-state index is -0.0844. The molecule has 0 saturated heterocycles. The van der Waals surface area contributed by atoms with E-state index in [2.05, 4.69) is 27.5 Å². The van der Waals surface area contributed by atoms with Gasteiger partial charge in [0.2, 0.25) is 0 Å². The molecular formula is C15H17N5O. The molecule has 2 heterocycles. The second-order valence-electron chi connectivity index (χ2n) is 4.99. The molecule has 1 aliphatic rings. The molecule has 0 bridgehead atoms. The lowest BCUT2D eigenvalue weighted by atomic mass is 10.0. The van der Waals surface area contributed by atoms with Crippen molar-refractivity contribution in [2.45, 2.75) is 12.8 Å². The Morgan fingerprint density at radius 2 is 1.76 bits per heavy atom. The second-order valence-corrected chi connectivity index (χ2v) is 4.99. The van der Waals surface area contributed by atoms with Crippen LogP contribution in [0.4, 0.5) is 5.82 Å². The SMILES string of the molecule is NNc1cnc(C(=O)N2CCc3ccccc3CC2)cn1. The summed E-state index contributed by atoms with van der Waals surface area (Å²) >= 11 is 0. The number of hydrazine groups is 1. The monoisotopic (exact) mass is 283 g/mol. The number of nitrogens with one attached hydrogen (secondary N) is 1. The molecule has 0 aliphatic carbocycles. The quantitative estimate of drug-likeness (QED) is 0.634. The number of nitrogens with zero attached hydrogens (tertiary/aromatic N) is 3. The third kappa shape index (κ3) is 2.85. The van der Waals surface area contributed by atoms with Gasteiger partial charge in [0.05, 0.1) is 12.4 Å². The molecule has 0 fully saturated rings. The number of anilines is 1. The van der Waals surface area contributed by atoms with Crippen LogP contribution in [-0.2, 0) is 12.8 Å². The van der Waals surface area contributed by atoms with E-state index in [1.165, 1.54) is 23.5 Å². The summed E-state index contributed by atoms with van der Waals surface area (Å²) < 4.78 is 0. The van der Waals surface area contributed by atoms with Crippen LogP contribution in [0.3, 0.4) is 0 Å². The predicted octanol–water partition coefficient (Wildman–Crippen LogP) is 1.00. The lowest BCUT2D eigenvalue weighted by Crippen LogP contribution is -2.34. The summed E-state index contributed by atoms with van der Waals surface area (Å²) in [5, 5.41) is 0. The number of nitrogen functional groups attached to an aromatic ring is 1. The summed E-state index contributed by atoms with van der Waals surface area (Å²) in [6, 6.07) is 8.34. The van der Waals surface area contributed by atoms with E-state index in [1.807, 2.05) is 17.0 Å². The molecule has 0 spiro atoms. The number of hydrogen-bond donors (Lipinski definition) is 2. The van der Waals surface area contributed by atoms with Crippen molar-refractivity contribution in [2.24, 2.45) is 5.84 Å². The number of hydrogen-bond acceptors (Lipinski definition) is 5. The maximum Gasteiger partial charge on any atom is 0.274 e. The van der Waals surface area contributed by atoms with Crippen LogP contribution in [0.1, 0.15) is 21.6 Å². The van der Waals surface area contributed by atoms with Gasteiger partial charge < -0.3 is 10.3 Å². The van der Waals surface area contributed by atoms with E-state index < -0.39 is 0 Å². The van der Waals surface area contributed by atoms with E-state index in [4.69, 9.17) is 5.84 Å². The summed E-state index contributed by atoms with van der Waals surface area (Å²) in [6.07, 6.45) is 4.66. The fourth-order valence-corrected chi connectivity index (χ4v) is 2.55. The average molecular weight is 283 g/mol. The first-order valence-corrected chi connectivity index (χ1v) is 6.92. The van der Waals surface area contributed by atoms with E-state index in [0.29, 0.717) is 24.6 Å². The number of carbonyl (C=O) groups is 1. The molecule has 6 heteroatoms. The van der Waals surface area contributed by atoms with Gasteiger partial charge in [0.25, 0.3) is 5.91 Å². The summed E-state index contributed by atoms with van der Waals surface area (Å²) in [6.45, 7) is 1.41. The third-order valence-corrected chi connectivity index (χ3v) is 3.73. The van der Waals surface area contributed by atoms with Crippen LogP contribution in [0.15, 0.2) is 36.7 Å². The van der Waals surface area contributed by atoms with Gasteiger partial charge in [-0.1, -0.05) is 24.3 Å². The van der Waals surface area contributed by atoms with Crippen molar-refractivity contribution in [3.63, 3.8) is 0 Å². The van der Waals surface area contributed by atoms with Gasteiger partial charge in [0.1, 0.15) is 5.69 Å². The Labute approximate surface area is 123 Å². The maximum absolute atomic E-state index is 12.5. The lowest BCUT2D eigenvalue weighted by molar-refractivity contribution is 0.0757. The summed E-state index contributed by atoms with van der Waals surface area (Å²) in [5.74, 6) is 5.60. The van der Waals surface area contributed by atoms with Gasteiger partial charge in [-0.15, -0.1) is 0 Å². The number of aromatic nitrogens is 2. The molecule has 0 saturated carbocycles. The minimum absolute atomic E-state index is 0.0844. The van der Waals surface area contributed by atoms with Crippen LogP contribution in [0.25, 0.3) is 0 Å². The minimum Gasteiger partial charge on any atom is -0.337 e. The Morgan fingerprint density at radius 1 is 1.10 bits per heavy atom. The van der Waals surface area contributed by atoms with E-state index in [0.717, 1.165) is 12.8 Å². The van der Waals surface area contributed by atoms with Crippen molar-refractivity contribution in [3.05, 3.63) is 53.5 Å². The zero-order valence-corrected chi connectivity index (χ0v) is 11.6. The van der Waals surface area contributed by atoms with E-state index >= 15 is 0 Å². The molecule has 6 nitrogen and oxygen atoms in total. The van der Waals surface area contributed by atoms with Crippen molar-refractivity contribution in [1.29, 1.82) is 0 Å². The van der Waals surface area contributed by atoms with Crippen molar-refractivity contribution >= 4 is 11.7 Å². The first-order valence-electron chi connectivity index (χ1n) is 6.92. The molecule has 2 aromatic rings. The molecule has 1 amide bonds. The highest BCUT2D eigenvalue weighted by atomic mass is 16.2. The number of rotatable bonds is 2. The molecule has 3 rings (SSSR count). The molecule has 0 unspecified atom stereocenters. The van der Waals surface area contributed by atoms with Gasteiger partial charge in [-0.05, 0) is 24.0 Å². The topological polar surface area (TPSA) is 84.1 Å². The Morgan fingerprint density at radius 3 is 2.29 bits per heavy atom. The molecule has 1 aromatic carbocycles. The van der Waals surface area contributed by atoms with Crippen molar-refractivity contribution < 1.29 is 4.79 Å². The first-order chi connectivity index (χ1) is 10.3. The third-order valence-electron chi connectivity index (χ3n) is 3.73. The summed E-state index contributed by atoms with van der Waals surface area (Å²) in [7, 11) is 0. The molecule has 108 valence electrons. The first kappa shape index (κ1) is 13.5. The van der Waals surface area contributed by atoms with E-state index in [9.17, 15) is 4.79 Å². The Balaban J connectivity index is 1.74. The van der Waals surface area contributed by atoms with Crippen LogP contribution in [-0.4, -0.2) is 33.9 Å². The van der Waals surface area contributed by atoms with E-state index in [-0.39, 0.29) is 5.91 Å². The number of benzene rings is 1. The van der Waals surface area contributed by atoms with Gasteiger partial charge in [-0.25, -0.2) is 15.8 Å². The smallest absolute Gasteiger partial charge is 0.274 e. The fraction of sp³-hybridized carbons (Fsp3) is 0.267. The van der Waals surface area contributed by atoms with Crippen LogP contribution in [0, 0.1) is 0 Å². The van der Waals surface area contributed by atoms with Crippen molar-refractivity contribution in [3.8, 4) is 0 Å². The number of nitrogens with two attached hydrogens (primary N) is 1. The number of amides is 1. The second kappa shape index (κ2) is 5.88. The Kier molecular flexibility index (Phi) is 3.79. The van der Waals surface area contributed by atoms with Crippen LogP contribution in [0.5, 0.6) is 0 Å². The zero-order valence-electron chi connectivity index (χ0n) is 11.6. The highest BCUT2D eigenvalue weighted by molar-refractivity contribution is 5.92. The van der Waals surface area contributed by atoms with Gasteiger partial charge in [-0.3, -0.25) is 4.79 Å². The Hall–Kier alpha value is -2.47.